The molecule has 0 aromatic heterocycles. The van der Waals surface area contributed by atoms with E-state index in [1.54, 1.807) is 5.32 Å². The fraction of sp³-hybridized carbons (Fsp3) is 0.250. The number of hydrogen-bond acceptors (Lipinski definition) is 6. The molecule has 0 aliphatic rings. The van der Waals surface area contributed by atoms with Crippen molar-refractivity contribution in [2.24, 2.45) is 5.73 Å². The van der Waals surface area contributed by atoms with Crippen LogP contribution in [0.15, 0.2) is 29.2 Å². The second kappa shape index (κ2) is 6.35. The van der Waals surface area contributed by atoms with E-state index in [4.69, 9.17) is 10.5 Å². The molecule has 0 saturated carbocycles. The van der Waals surface area contributed by atoms with Gasteiger partial charge in [-0.25, -0.2) is 18.0 Å². The molecule has 1 aromatic rings. The van der Waals surface area contributed by atoms with Gasteiger partial charge < -0.3 is 10.5 Å². The second-order valence-corrected chi connectivity index (χ2v) is 6.22. The Kier molecular flexibility index (Phi) is 5.03. The molecule has 8 nitrogen and oxygen atoms in total. The Bertz CT molecular complexity index is 683. The number of benzene rings is 1. The van der Waals surface area contributed by atoms with Gasteiger partial charge in [0.15, 0.2) is 15.9 Å². The van der Waals surface area contributed by atoms with Crippen LogP contribution in [0.25, 0.3) is 0 Å². The minimum absolute atomic E-state index is 0.0309. The van der Waals surface area contributed by atoms with Crippen molar-refractivity contribution in [3.63, 3.8) is 0 Å². The van der Waals surface area contributed by atoms with Gasteiger partial charge >= 0.3 is 12.0 Å². The molecule has 1 unspecified atom stereocenters. The largest absolute Gasteiger partial charge is 0.449 e. The number of rotatable bonds is 4. The van der Waals surface area contributed by atoms with Crippen LogP contribution >= 0.6 is 0 Å². The van der Waals surface area contributed by atoms with Crippen molar-refractivity contribution in [3.05, 3.63) is 29.8 Å². The topological polar surface area (TPSA) is 133 Å². The van der Waals surface area contributed by atoms with Gasteiger partial charge in [0.25, 0.3) is 5.91 Å². The highest BCUT2D eigenvalue weighted by molar-refractivity contribution is 7.90. The van der Waals surface area contributed by atoms with Gasteiger partial charge in [-0.1, -0.05) is 6.07 Å². The Labute approximate surface area is 121 Å². The number of amides is 3. The number of carbonyl (C=O) groups is 3. The Morgan fingerprint density at radius 1 is 1.29 bits per heavy atom. The summed E-state index contributed by atoms with van der Waals surface area (Å²) in [6.45, 7) is 1.25. The van der Waals surface area contributed by atoms with Crippen LogP contribution in [-0.4, -0.2) is 38.7 Å². The molecule has 0 bridgehead atoms. The second-order valence-electron chi connectivity index (χ2n) is 4.20. The predicted octanol–water partition coefficient (Wildman–Crippen LogP) is -0.170. The molecule has 0 radical (unpaired) electrons. The van der Waals surface area contributed by atoms with Crippen LogP contribution in [0.4, 0.5) is 4.79 Å². The van der Waals surface area contributed by atoms with Gasteiger partial charge in [-0.05, 0) is 25.1 Å². The Hall–Kier alpha value is -2.42. The van der Waals surface area contributed by atoms with E-state index >= 15 is 0 Å². The van der Waals surface area contributed by atoms with E-state index in [9.17, 15) is 22.8 Å². The molecule has 1 atom stereocenters. The number of urea groups is 1. The van der Waals surface area contributed by atoms with E-state index in [2.05, 4.69) is 0 Å². The molecular weight excluding hydrogens is 300 g/mol. The van der Waals surface area contributed by atoms with Crippen LogP contribution < -0.4 is 11.1 Å². The van der Waals surface area contributed by atoms with Crippen molar-refractivity contribution in [1.82, 2.24) is 5.32 Å². The quantitative estimate of drug-likeness (QED) is 0.741. The first-order valence-electron chi connectivity index (χ1n) is 5.72. The lowest BCUT2D eigenvalue weighted by atomic mass is 10.2. The van der Waals surface area contributed by atoms with Crippen LogP contribution in [0.5, 0.6) is 0 Å². The number of nitrogens with two attached hydrogens (primary N) is 1. The van der Waals surface area contributed by atoms with E-state index in [-0.39, 0.29) is 10.5 Å². The minimum Gasteiger partial charge on any atom is -0.449 e. The number of sulfone groups is 1. The Morgan fingerprint density at radius 2 is 1.90 bits per heavy atom. The highest BCUT2D eigenvalue weighted by atomic mass is 32.2. The van der Waals surface area contributed by atoms with Gasteiger partial charge in [-0.3, -0.25) is 10.1 Å². The van der Waals surface area contributed by atoms with E-state index in [1.165, 1.54) is 25.1 Å². The molecule has 0 spiro atoms. The van der Waals surface area contributed by atoms with Gasteiger partial charge in [0.05, 0.1) is 10.5 Å². The molecule has 1 aromatic carbocycles. The van der Waals surface area contributed by atoms with Gasteiger partial charge in [-0.2, -0.15) is 0 Å². The van der Waals surface area contributed by atoms with Gasteiger partial charge in [0, 0.05) is 6.26 Å². The summed E-state index contributed by atoms with van der Waals surface area (Å²) in [4.78, 5) is 33.6. The number of nitrogens with one attached hydrogen (secondary N) is 1. The van der Waals surface area contributed by atoms with Crippen molar-refractivity contribution in [2.75, 3.05) is 6.26 Å². The SMILES string of the molecule is CC(OC(=O)c1cccc(S(C)(=O)=O)c1)C(=O)NC(N)=O. The number of ether oxygens (including phenoxy) is 1. The van der Waals surface area contributed by atoms with Crippen LogP contribution in [0, 0.1) is 0 Å². The first kappa shape index (κ1) is 16.6. The maximum absolute atomic E-state index is 11.8. The summed E-state index contributed by atoms with van der Waals surface area (Å²) in [5.74, 6) is -1.78. The molecule has 0 aliphatic heterocycles. The van der Waals surface area contributed by atoms with E-state index < -0.39 is 33.8 Å². The molecule has 0 aliphatic carbocycles. The van der Waals surface area contributed by atoms with Crippen molar-refractivity contribution in [2.45, 2.75) is 17.9 Å². The summed E-state index contributed by atoms with van der Waals surface area (Å²) < 4.78 is 27.6. The third-order valence-corrected chi connectivity index (χ3v) is 3.51. The molecule has 0 fully saturated rings. The molecule has 9 heteroatoms. The van der Waals surface area contributed by atoms with Crippen LogP contribution in [0.1, 0.15) is 17.3 Å². The lowest BCUT2D eigenvalue weighted by Crippen LogP contribution is -2.42. The van der Waals surface area contributed by atoms with E-state index in [1.807, 2.05) is 0 Å². The maximum Gasteiger partial charge on any atom is 0.338 e. The molecular formula is C12H14N2O6S. The zero-order valence-corrected chi connectivity index (χ0v) is 12.1. The molecule has 0 heterocycles. The summed E-state index contributed by atoms with van der Waals surface area (Å²) in [6.07, 6.45) is -0.257. The lowest BCUT2D eigenvalue weighted by molar-refractivity contribution is -0.127. The molecule has 21 heavy (non-hydrogen) atoms. The first-order chi connectivity index (χ1) is 9.61. The fourth-order valence-electron chi connectivity index (χ4n) is 1.36. The Balaban J connectivity index is 2.85. The Morgan fingerprint density at radius 3 is 2.43 bits per heavy atom. The van der Waals surface area contributed by atoms with E-state index in [0.717, 1.165) is 12.3 Å². The monoisotopic (exact) mass is 314 g/mol. The van der Waals surface area contributed by atoms with Crippen LogP contribution in [0.3, 0.4) is 0 Å². The lowest BCUT2D eigenvalue weighted by Gasteiger charge is -2.12. The molecule has 114 valence electrons. The number of primary amides is 1. The average Bonchev–Trinajstić information content (AvgIpc) is 2.37. The summed E-state index contributed by atoms with van der Waals surface area (Å²) in [7, 11) is -3.47. The summed E-state index contributed by atoms with van der Waals surface area (Å²) in [5.41, 5.74) is 4.73. The van der Waals surface area contributed by atoms with Crippen molar-refractivity contribution < 1.29 is 27.5 Å². The van der Waals surface area contributed by atoms with Crippen molar-refractivity contribution >= 4 is 27.7 Å². The van der Waals surface area contributed by atoms with Gasteiger partial charge in [0.1, 0.15) is 0 Å². The standard InChI is InChI=1S/C12H14N2O6S/c1-7(10(15)14-12(13)17)20-11(16)8-4-3-5-9(6-8)21(2,18)19/h3-7H,1-2H3,(H3,13,14,15,17). The highest BCUT2D eigenvalue weighted by Crippen LogP contribution is 2.13. The minimum atomic E-state index is -3.47. The predicted molar refractivity (Wildman–Crippen MR) is 72.2 cm³/mol. The normalized spacial score (nSPS) is 12.3. The number of hydrogen-bond donors (Lipinski definition) is 2. The summed E-state index contributed by atoms with van der Waals surface area (Å²) in [5, 5.41) is 1.76. The molecule has 1 rings (SSSR count). The number of esters is 1. The number of imide groups is 1. The van der Waals surface area contributed by atoms with Crippen molar-refractivity contribution in [3.8, 4) is 0 Å². The highest BCUT2D eigenvalue weighted by Gasteiger charge is 2.20. The van der Waals surface area contributed by atoms with E-state index in [0.29, 0.717) is 0 Å². The van der Waals surface area contributed by atoms with Gasteiger partial charge in [-0.15, -0.1) is 0 Å². The van der Waals surface area contributed by atoms with Crippen LogP contribution in [0.2, 0.25) is 0 Å². The zero-order chi connectivity index (χ0) is 16.2. The smallest absolute Gasteiger partial charge is 0.338 e. The third-order valence-electron chi connectivity index (χ3n) is 2.40. The van der Waals surface area contributed by atoms with Crippen LogP contribution in [-0.2, 0) is 19.4 Å². The van der Waals surface area contributed by atoms with Crippen molar-refractivity contribution in [1.29, 1.82) is 0 Å². The fourth-order valence-corrected chi connectivity index (χ4v) is 2.03. The molecule has 3 amide bonds. The third kappa shape index (κ3) is 4.88. The maximum atomic E-state index is 11.8. The molecule has 0 saturated heterocycles. The number of carbonyl (C=O) groups excluding carboxylic acids is 3. The van der Waals surface area contributed by atoms with Gasteiger partial charge in [0.2, 0.25) is 0 Å². The zero-order valence-electron chi connectivity index (χ0n) is 11.3. The first-order valence-corrected chi connectivity index (χ1v) is 7.62. The summed E-state index contributed by atoms with van der Waals surface area (Å²) >= 11 is 0. The average molecular weight is 314 g/mol. The summed E-state index contributed by atoms with van der Waals surface area (Å²) in [6, 6.07) is 4.12. The molecule has 3 N–H and O–H groups in total.